The van der Waals surface area contributed by atoms with Crippen LogP contribution in [0.25, 0.3) is 0 Å². The molecular formula is C20H22N2O6. The van der Waals surface area contributed by atoms with Crippen LogP contribution in [0.4, 0.5) is 0 Å². The summed E-state index contributed by atoms with van der Waals surface area (Å²) in [4.78, 5) is 22.8. The van der Waals surface area contributed by atoms with Crippen LogP contribution in [-0.4, -0.2) is 43.0 Å². The largest absolute Gasteiger partial charge is 0.494 e. The standard InChI is InChI=1S/C20H22N2O6/c1-3-26-16-8-6-15(7-9-16)20(25)22-21-12-14-5-10-17(28-13-19(23)24)18(11-14)27-4-2/h5-12H,3-4,13H2,1-2H3,(H,22,25)(H,23,24)/b21-12-. The van der Waals surface area contributed by atoms with Gasteiger partial charge in [0.05, 0.1) is 19.4 Å². The van der Waals surface area contributed by atoms with E-state index >= 15 is 0 Å². The van der Waals surface area contributed by atoms with E-state index in [0.717, 1.165) is 0 Å². The molecule has 1 amide bonds. The van der Waals surface area contributed by atoms with E-state index in [2.05, 4.69) is 10.5 Å². The molecule has 2 rings (SSSR count). The Kier molecular flexibility index (Phi) is 7.83. The molecule has 0 aromatic heterocycles. The van der Waals surface area contributed by atoms with Crippen molar-refractivity contribution >= 4 is 18.1 Å². The number of carboxylic acid groups (broad SMARTS) is 1. The van der Waals surface area contributed by atoms with E-state index in [-0.39, 0.29) is 5.91 Å². The van der Waals surface area contributed by atoms with Crippen molar-refractivity contribution in [1.82, 2.24) is 5.43 Å². The lowest BCUT2D eigenvalue weighted by atomic mass is 10.2. The number of benzene rings is 2. The minimum atomic E-state index is -1.08. The SMILES string of the molecule is CCOc1ccc(C(=O)N/N=C\c2ccc(OCC(=O)O)c(OCC)c2)cc1. The second kappa shape index (κ2) is 10.6. The van der Waals surface area contributed by atoms with E-state index in [1.807, 2.05) is 6.92 Å². The average molecular weight is 386 g/mol. The van der Waals surface area contributed by atoms with Gasteiger partial charge in [-0.05, 0) is 61.9 Å². The van der Waals surface area contributed by atoms with Gasteiger partial charge in [0.1, 0.15) is 5.75 Å². The van der Waals surface area contributed by atoms with Crippen molar-refractivity contribution in [2.24, 2.45) is 5.10 Å². The lowest BCUT2D eigenvalue weighted by Crippen LogP contribution is -2.17. The van der Waals surface area contributed by atoms with E-state index < -0.39 is 12.6 Å². The Labute approximate surface area is 162 Å². The smallest absolute Gasteiger partial charge is 0.341 e. The fourth-order valence-electron chi connectivity index (χ4n) is 2.23. The highest BCUT2D eigenvalue weighted by Gasteiger charge is 2.08. The van der Waals surface area contributed by atoms with Gasteiger partial charge in [-0.3, -0.25) is 4.79 Å². The molecule has 0 aliphatic carbocycles. The van der Waals surface area contributed by atoms with Crippen molar-refractivity contribution in [3.05, 3.63) is 53.6 Å². The third kappa shape index (κ3) is 6.31. The van der Waals surface area contributed by atoms with Crippen LogP contribution in [0, 0.1) is 0 Å². The highest BCUT2D eigenvalue weighted by molar-refractivity contribution is 5.95. The molecule has 8 heteroatoms. The number of hydrogen-bond donors (Lipinski definition) is 2. The van der Waals surface area contributed by atoms with E-state index in [1.54, 1.807) is 49.4 Å². The van der Waals surface area contributed by atoms with Crippen molar-refractivity contribution in [3.8, 4) is 17.2 Å². The molecule has 0 heterocycles. The highest BCUT2D eigenvalue weighted by atomic mass is 16.5. The molecule has 0 aliphatic heterocycles. The van der Waals surface area contributed by atoms with Crippen LogP contribution in [-0.2, 0) is 4.79 Å². The van der Waals surface area contributed by atoms with Crippen molar-refractivity contribution in [1.29, 1.82) is 0 Å². The van der Waals surface area contributed by atoms with Crippen LogP contribution in [0.15, 0.2) is 47.6 Å². The molecule has 2 aromatic rings. The number of carboxylic acids is 1. The predicted octanol–water partition coefficient (Wildman–Crippen LogP) is 2.71. The first-order valence-electron chi connectivity index (χ1n) is 8.71. The van der Waals surface area contributed by atoms with Crippen molar-refractivity contribution in [3.63, 3.8) is 0 Å². The number of nitrogens with zero attached hydrogens (tertiary/aromatic N) is 1. The lowest BCUT2D eigenvalue weighted by Gasteiger charge is -2.11. The first kappa shape index (κ1) is 20.8. The Morgan fingerprint density at radius 2 is 1.71 bits per heavy atom. The minimum Gasteiger partial charge on any atom is -0.494 e. The Morgan fingerprint density at radius 3 is 2.36 bits per heavy atom. The lowest BCUT2D eigenvalue weighted by molar-refractivity contribution is -0.139. The van der Waals surface area contributed by atoms with Gasteiger partial charge < -0.3 is 19.3 Å². The molecule has 0 saturated carbocycles. The van der Waals surface area contributed by atoms with Gasteiger partial charge in [0.2, 0.25) is 0 Å². The van der Waals surface area contributed by atoms with Crippen LogP contribution in [0.1, 0.15) is 29.8 Å². The van der Waals surface area contributed by atoms with Crippen LogP contribution < -0.4 is 19.6 Å². The van der Waals surface area contributed by atoms with Crippen LogP contribution in [0.2, 0.25) is 0 Å². The van der Waals surface area contributed by atoms with Crippen molar-refractivity contribution in [2.45, 2.75) is 13.8 Å². The van der Waals surface area contributed by atoms with Gasteiger partial charge in [0.15, 0.2) is 18.1 Å². The number of carbonyl (C=O) groups excluding carboxylic acids is 1. The monoisotopic (exact) mass is 386 g/mol. The predicted molar refractivity (Wildman–Crippen MR) is 103 cm³/mol. The van der Waals surface area contributed by atoms with Crippen LogP contribution >= 0.6 is 0 Å². The summed E-state index contributed by atoms with van der Waals surface area (Å²) in [5.74, 6) is -0.0302. The molecular weight excluding hydrogens is 364 g/mol. The zero-order chi connectivity index (χ0) is 20.4. The summed E-state index contributed by atoms with van der Waals surface area (Å²) >= 11 is 0. The summed E-state index contributed by atoms with van der Waals surface area (Å²) in [6.07, 6.45) is 1.45. The Morgan fingerprint density at radius 1 is 1.00 bits per heavy atom. The molecule has 2 N–H and O–H groups in total. The summed E-state index contributed by atoms with van der Waals surface area (Å²) < 4.78 is 16.0. The van der Waals surface area contributed by atoms with E-state index in [1.165, 1.54) is 6.21 Å². The van der Waals surface area contributed by atoms with Gasteiger partial charge in [-0.2, -0.15) is 5.10 Å². The van der Waals surface area contributed by atoms with Crippen molar-refractivity contribution in [2.75, 3.05) is 19.8 Å². The Balaban J connectivity index is 2.01. The highest BCUT2D eigenvalue weighted by Crippen LogP contribution is 2.28. The summed E-state index contributed by atoms with van der Waals surface area (Å²) in [6.45, 7) is 4.17. The normalized spacial score (nSPS) is 10.5. The number of carbonyl (C=O) groups is 2. The molecule has 0 bridgehead atoms. The molecule has 0 radical (unpaired) electrons. The number of hydrazone groups is 1. The summed E-state index contributed by atoms with van der Waals surface area (Å²) in [5.41, 5.74) is 3.55. The number of hydrogen-bond acceptors (Lipinski definition) is 6. The second-order valence-electron chi connectivity index (χ2n) is 5.48. The van der Waals surface area contributed by atoms with Crippen LogP contribution in [0.5, 0.6) is 17.2 Å². The number of amides is 1. The Bertz CT molecular complexity index is 833. The maximum atomic E-state index is 12.1. The maximum absolute atomic E-state index is 12.1. The average Bonchev–Trinajstić information content (AvgIpc) is 2.68. The maximum Gasteiger partial charge on any atom is 0.341 e. The fraction of sp³-hybridized carbons (Fsp3) is 0.250. The van der Waals surface area contributed by atoms with Gasteiger partial charge in [0.25, 0.3) is 5.91 Å². The first-order chi connectivity index (χ1) is 13.5. The first-order valence-corrected chi connectivity index (χ1v) is 8.71. The van der Waals surface area contributed by atoms with Crippen molar-refractivity contribution < 1.29 is 28.9 Å². The molecule has 0 fully saturated rings. The molecule has 0 saturated heterocycles. The number of nitrogens with one attached hydrogen (secondary N) is 1. The van der Waals surface area contributed by atoms with Gasteiger partial charge in [-0.15, -0.1) is 0 Å². The molecule has 2 aromatic carbocycles. The minimum absolute atomic E-state index is 0.319. The molecule has 0 atom stereocenters. The molecule has 8 nitrogen and oxygen atoms in total. The summed E-state index contributed by atoms with van der Waals surface area (Å²) in [7, 11) is 0. The molecule has 0 unspecified atom stereocenters. The molecule has 0 spiro atoms. The van der Waals surface area contributed by atoms with Gasteiger partial charge in [-0.1, -0.05) is 0 Å². The zero-order valence-electron chi connectivity index (χ0n) is 15.7. The zero-order valence-corrected chi connectivity index (χ0v) is 15.7. The third-order valence-electron chi connectivity index (χ3n) is 3.43. The quantitative estimate of drug-likeness (QED) is 0.480. The fourth-order valence-corrected chi connectivity index (χ4v) is 2.23. The number of ether oxygens (including phenoxy) is 3. The van der Waals surface area contributed by atoms with E-state index in [4.69, 9.17) is 19.3 Å². The van der Waals surface area contributed by atoms with Crippen LogP contribution in [0.3, 0.4) is 0 Å². The van der Waals surface area contributed by atoms with Gasteiger partial charge in [-0.25, -0.2) is 10.2 Å². The number of rotatable bonds is 10. The third-order valence-corrected chi connectivity index (χ3v) is 3.43. The topological polar surface area (TPSA) is 106 Å². The molecule has 148 valence electrons. The molecule has 0 aliphatic rings. The Hall–Kier alpha value is -3.55. The van der Waals surface area contributed by atoms with Gasteiger partial charge >= 0.3 is 5.97 Å². The van der Waals surface area contributed by atoms with E-state index in [9.17, 15) is 9.59 Å². The van der Waals surface area contributed by atoms with E-state index in [0.29, 0.717) is 41.6 Å². The number of aliphatic carboxylic acids is 1. The second-order valence-corrected chi connectivity index (χ2v) is 5.48. The van der Waals surface area contributed by atoms with Gasteiger partial charge in [0, 0.05) is 5.56 Å². The summed E-state index contributed by atoms with van der Waals surface area (Å²) in [6, 6.07) is 11.6. The summed E-state index contributed by atoms with van der Waals surface area (Å²) in [5, 5.41) is 12.7. The molecule has 28 heavy (non-hydrogen) atoms.